The number of hydrogen-bond acceptors (Lipinski definition) is 4. The highest BCUT2D eigenvalue weighted by molar-refractivity contribution is 9.10. The maximum absolute atomic E-state index is 9.09. The van der Waals surface area contributed by atoms with Gasteiger partial charge in [-0.05, 0) is 41.6 Å². The first kappa shape index (κ1) is 16.9. The Kier molecular flexibility index (Phi) is 5.14. The van der Waals surface area contributed by atoms with Gasteiger partial charge in [0.05, 0.1) is 11.4 Å². The highest BCUT2D eigenvalue weighted by Crippen LogP contribution is 2.35. The number of hydrogen-bond donors (Lipinski definition) is 1. The van der Waals surface area contributed by atoms with E-state index in [0.29, 0.717) is 28.0 Å². The molecule has 4 nitrogen and oxygen atoms in total. The third-order valence-corrected chi connectivity index (χ3v) is 4.94. The largest absolute Gasteiger partial charge is 0.383 e. The molecular formula is C17H12BrClN4S. The van der Waals surface area contributed by atoms with Gasteiger partial charge in [-0.2, -0.15) is 10.4 Å². The van der Waals surface area contributed by atoms with E-state index in [1.54, 1.807) is 4.68 Å². The molecule has 0 amide bonds. The predicted molar refractivity (Wildman–Crippen MR) is 102 cm³/mol. The fourth-order valence-corrected chi connectivity index (χ4v) is 3.23. The van der Waals surface area contributed by atoms with Gasteiger partial charge >= 0.3 is 0 Å². The second kappa shape index (κ2) is 7.31. The zero-order valence-corrected chi connectivity index (χ0v) is 15.6. The highest BCUT2D eigenvalue weighted by atomic mass is 79.9. The summed E-state index contributed by atoms with van der Waals surface area (Å²) in [5, 5.41) is 16.5. The van der Waals surface area contributed by atoms with Gasteiger partial charge in [0.2, 0.25) is 0 Å². The molecule has 0 aliphatic carbocycles. The summed E-state index contributed by atoms with van der Waals surface area (Å²) in [5.41, 5.74) is 8.88. The van der Waals surface area contributed by atoms with Crippen LogP contribution in [0.15, 0.2) is 57.9 Å². The summed E-state index contributed by atoms with van der Waals surface area (Å²) < 4.78 is 2.69. The minimum atomic E-state index is 0.481. The first-order chi connectivity index (χ1) is 11.6. The molecule has 2 N–H and O–H groups in total. The van der Waals surface area contributed by atoms with Crippen LogP contribution in [-0.4, -0.2) is 9.78 Å². The van der Waals surface area contributed by atoms with Crippen LogP contribution in [0.1, 0.15) is 5.56 Å². The van der Waals surface area contributed by atoms with Gasteiger partial charge in [-0.1, -0.05) is 51.8 Å². The van der Waals surface area contributed by atoms with E-state index in [1.807, 2.05) is 48.5 Å². The maximum atomic E-state index is 9.09. The minimum Gasteiger partial charge on any atom is -0.383 e. The lowest BCUT2D eigenvalue weighted by Crippen LogP contribution is -2.06. The number of nitrogen functional groups attached to an aromatic ring is 1. The Labute approximate surface area is 157 Å². The lowest BCUT2D eigenvalue weighted by atomic mass is 10.1. The molecule has 0 aliphatic rings. The number of anilines is 1. The zero-order chi connectivity index (χ0) is 17.1. The van der Waals surface area contributed by atoms with E-state index >= 15 is 0 Å². The first-order valence-corrected chi connectivity index (χ1v) is 9.00. The topological polar surface area (TPSA) is 67.6 Å². The van der Waals surface area contributed by atoms with Gasteiger partial charge < -0.3 is 5.73 Å². The van der Waals surface area contributed by atoms with E-state index in [4.69, 9.17) is 22.6 Å². The van der Waals surface area contributed by atoms with Crippen LogP contribution in [0, 0.1) is 10.7 Å². The van der Waals surface area contributed by atoms with Crippen molar-refractivity contribution in [1.82, 2.24) is 9.78 Å². The van der Waals surface area contributed by atoms with Crippen molar-refractivity contribution >= 4 is 45.1 Å². The average Bonchev–Trinajstić information content (AvgIpc) is 2.88. The van der Waals surface area contributed by atoms with Crippen molar-refractivity contribution in [2.24, 2.45) is 0 Å². The fourth-order valence-electron chi connectivity index (χ4n) is 2.28. The summed E-state index contributed by atoms with van der Waals surface area (Å²) in [4.78, 5) is 0.675. The molecule has 3 rings (SSSR count). The van der Waals surface area contributed by atoms with Gasteiger partial charge in [0, 0.05) is 15.1 Å². The summed E-state index contributed by atoms with van der Waals surface area (Å²) in [6, 6.07) is 15.3. The van der Waals surface area contributed by atoms with E-state index in [1.165, 1.54) is 0 Å². The molecule has 2 aromatic carbocycles. The van der Waals surface area contributed by atoms with E-state index in [0.717, 1.165) is 27.4 Å². The quantitative estimate of drug-likeness (QED) is 0.468. The summed E-state index contributed by atoms with van der Waals surface area (Å²) in [5.74, 6) is 0.481. The Bertz CT molecular complexity index is 898. The van der Waals surface area contributed by atoms with Gasteiger partial charge in [-0.25, -0.2) is 4.68 Å². The Morgan fingerprint density at radius 1 is 1.17 bits per heavy atom. The third kappa shape index (κ3) is 3.59. The van der Waals surface area contributed by atoms with Crippen molar-refractivity contribution in [3.63, 3.8) is 0 Å². The molecule has 0 aliphatic heterocycles. The number of aromatic nitrogens is 2. The van der Waals surface area contributed by atoms with E-state index in [-0.39, 0.29) is 0 Å². The number of rotatable bonds is 4. The molecule has 0 saturated carbocycles. The molecule has 1 heterocycles. The Morgan fingerprint density at radius 2 is 1.83 bits per heavy atom. The average molecular weight is 420 g/mol. The number of nitrogens with zero attached hydrogens (tertiary/aromatic N) is 3. The number of halogens is 2. The van der Waals surface area contributed by atoms with Crippen LogP contribution in [0.5, 0.6) is 0 Å². The highest BCUT2D eigenvalue weighted by Gasteiger charge is 2.18. The van der Waals surface area contributed by atoms with Crippen LogP contribution >= 0.6 is 39.3 Å². The van der Waals surface area contributed by atoms with Crippen molar-refractivity contribution in [3.8, 4) is 16.7 Å². The smallest absolute Gasteiger partial charge is 0.138 e. The summed E-state index contributed by atoms with van der Waals surface area (Å²) in [7, 11) is 0. The molecule has 1 aromatic heterocycles. The number of thioether (sulfide) groups is 1. The molecule has 0 radical (unpaired) electrons. The second-order valence-electron chi connectivity index (χ2n) is 5.05. The molecule has 0 saturated heterocycles. The van der Waals surface area contributed by atoms with Gasteiger partial charge in [-0.3, -0.25) is 0 Å². The number of benzene rings is 2. The molecule has 3 aromatic rings. The molecule has 7 heteroatoms. The van der Waals surface area contributed by atoms with Gasteiger partial charge in [-0.15, -0.1) is 0 Å². The minimum absolute atomic E-state index is 0.481. The van der Waals surface area contributed by atoms with Crippen LogP contribution in [-0.2, 0) is 6.54 Å². The van der Waals surface area contributed by atoms with Gasteiger partial charge in [0.25, 0.3) is 0 Å². The summed E-state index contributed by atoms with van der Waals surface area (Å²) >= 11 is 10.4. The zero-order valence-electron chi connectivity index (χ0n) is 12.4. The van der Waals surface area contributed by atoms with Crippen molar-refractivity contribution < 1.29 is 0 Å². The van der Waals surface area contributed by atoms with Gasteiger partial charge in [0.15, 0.2) is 0 Å². The van der Waals surface area contributed by atoms with E-state index in [9.17, 15) is 0 Å². The van der Waals surface area contributed by atoms with E-state index in [2.05, 4.69) is 26.4 Å². The van der Waals surface area contributed by atoms with Crippen LogP contribution in [0.3, 0.4) is 0 Å². The Morgan fingerprint density at radius 3 is 2.46 bits per heavy atom. The molecule has 0 bridgehead atoms. The Balaban J connectivity index is 2.01. The van der Waals surface area contributed by atoms with Crippen LogP contribution in [0.2, 0.25) is 5.02 Å². The molecule has 120 valence electrons. The molecule has 0 unspecified atom stereocenters. The van der Waals surface area contributed by atoms with Crippen LogP contribution < -0.4 is 5.73 Å². The Hall–Kier alpha value is -1.94. The maximum Gasteiger partial charge on any atom is 0.138 e. The summed E-state index contributed by atoms with van der Waals surface area (Å²) in [6.07, 6.45) is 0. The molecule has 0 spiro atoms. The van der Waals surface area contributed by atoms with E-state index < -0.39 is 0 Å². The fraction of sp³-hybridized carbons (Fsp3) is 0.0588. The first-order valence-electron chi connectivity index (χ1n) is 7.01. The van der Waals surface area contributed by atoms with Crippen LogP contribution in [0.4, 0.5) is 5.82 Å². The predicted octanol–water partition coefficient (Wildman–Crippen LogP) is 5.17. The molecule has 0 fully saturated rings. The molecule has 0 atom stereocenters. The normalized spacial score (nSPS) is 10.5. The number of thiocyanates is 1. The SMILES string of the molecule is N#CSc1c(-c2ccc(Br)cc2)nn(Cc2ccc(Cl)cc2)c1N. The van der Waals surface area contributed by atoms with Crippen molar-refractivity contribution in [2.75, 3.05) is 5.73 Å². The molecular weight excluding hydrogens is 408 g/mol. The van der Waals surface area contributed by atoms with Crippen LogP contribution in [0.25, 0.3) is 11.3 Å². The van der Waals surface area contributed by atoms with Gasteiger partial charge in [0.1, 0.15) is 16.9 Å². The molecule has 24 heavy (non-hydrogen) atoms. The second-order valence-corrected chi connectivity index (χ2v) is 7.19. The lowest BCUT2D eigenvalue weighted by Gasteiger charge is -2.04. The number of nitriles is 1. The third-order valence-electron chi connectivity index (χ3n) is 3.46. The standard InChI is InChI=1S/C17H12BrClN4S/c18-13-5-3-12(4-6-13)15-16(24-10-20)17(21)23(22-15)9-11-1-7-14(19)8-2-11/h1-8H,9,21H2. The monoisotopic (exact) mass is 418 g/mol. The summed E-state index contributed by atoms with van der Waals surface area (Å²) in [6.45, 7) is 0.512. The van der Waals surface area contributed by atoms with Crippen molar-refractivity contribution in [1.29, 1.82) is 5.26 Å². The van der Waals surface area contributed by atoms with Crippen molar-refractivity contribution in [2.45, 2.75) is 11.4 Å². The number of nitrogens with two attached hydrogens (primary N) is 1. The van der Waals surface area contributed by atoms with Crippen molar-refractivity contribution in [3.05, 3.63) is 63.6 Å². The lowest BCUT2D eigenvalue weighted by molar-refractivity contribution is 0.699.